The van der Waals surface area contributed by atoms with E-state index in [9.17, 15) is 0 Å². The van der Waals surface area contributed by atoms with Gasteiger partial charge in [-0.15, -0.1) is 11.6 Å². The van der Waals surface area contributed by atoms with Crippen LogP contribution in [0.3, 0.4) is 0 Å². The van der Waals surface area contributed by atoms with Crippen molar-refractivity contribution in [3.05, 3.63) is 54.1 Å². The van der Waals surface area contributed by atoms with Gasteiger partial charge in [0, 0.05) is 18.0 Å². The maximum absolute atomic E-state index is 5.64. The smallest absolute Gasteiger partial charge is 0.166 e. The lowest BCUT2D eigenvalue weighted by molar-refractivity contribution is 0.295. The third-order valence-corrected chi connectivity index (χ3v) is 2.33. The fourth-order valence-corrected chi connectivity index (χ4v) is 1.33. The second-order valence-corrected chi connectivity index (χ2v) is 3.51. The molecule has 1 aromatic heterocycles. The van der Waals surface area contributed by atoms with E-state index in [0.717, 1.165) is 11.3 Å². The number of rotatable bonds is 4. The third kappa shape index (κ3) is 2.94. The Bertz CT molecular complexity index is 431. The van der Waals surface area contributed by atoms with Gasteiger partial charge >= 0.3 is 0 Å². The number of benzene rings is 1. The molecule has 82 valence electrons. The first-order valence-electron chi connectivity index (χ1n) is 4.92. The van der Waals surface area contributed by atoms with Crippen LogP contribution in [-0.2, 0) is 12.5 Å². The number of para-hydroxylation sites is 1. The molecule has 2 rings (SSSR count). The zero-order valence-corrected chi connectivity index (χ0v) is 9.39. The maximum atomic E-state index is 5.64. The molecule has 0 bridgehead atoms. The predicted molar refractivity (Wildman–Crippen MR) is 62.4 cm³/mol. The molecule has 16 heavy (non-hydrogen) atoms. The normalized spacial score (nSPS) is 10.1. The largest absolute Gasteiger partial charge is 0.486 e. The monoisotopic (exact) mass is 234 g/mol. The second-order valence-electron chi connectivity index (χ2n) is 3.24. The molecule has 0 atom stereocenters. The number of alkyl halides is 1. The van der Waals surface area contributed by atoms with E-state index in [-0.39, 0.29) is 0 Å². The summed E-state index contributed by atoms with van der Waals surface area (Å²) in [6.45, 7) is 0.368. The molecule has 0 unspecified atom stereocenters. The molecule has 0 aliphatic heterocycles. The lowest BCUT2D eigenvalue weighted by Crippen LogP contribution is -2.01. The van der Waals surface area contributed by atoms with Crippen LogP contribution in [0.2, 0.25) is 0 Å². The molecule has 0 saturated heterocycles. The average molecular weight is 235 g/mol. The summed E-state index contributed by atoms with van der Waals surface area (Å²) in [7, 11) is 0. The first kappa shape index (κ1) is 10.9. The summed E-state index contributed by atoms with van der Waals surface area (Å²) in [4.78, 5) is 8.29. The minimum atomic E-state index is 0.368. The highest BCUT2D eigenvalue weighted by atomic mass is 35.5. The Morgan fingerprint density at radius 3 is 2.38 bits per heavy atom. The minimum Gasteiger partial charge on any atom is -0.486 e. The zero-order valence-electron chi connectivity index (χ0n) is 8.64. The van der Waals surface area contributed by atoms with Gasteiger partial charge in [0.25, 0.3) is 0 Å². The highest BCUT2D eigenvalue weighted by Crippen LogP contribution is 2.10. The van der Waals surface area contributed by atoms with Gasteiger partial charge in [-0.3, -0.25) is 0 Å². The Balaban J connectivity index is 1.94. The van der Waals surface area contributed by atoms with Gasteiger partial charge in [0.1, 0.15) is 12.4 Å². The fourth-order valence-electron chi connectivity index (χ4n) is 1.19. The van der Waals surface area contributed by atoms with Crippen molar-refractivity contribution >= 4 is 11.6 Å². The maximum Gasteiger partial charge on any atom is 0.166 e. The van der Waals surface area contributed by atoms with Crippen molar-refractivity contribution < 1.29 is 4.74 Å². The Kier molecular flexibility index (Phi) is 3.72. The van der Waals surface area contributed by atoms with E-state index >= 15 is 0 Å². The van der Waals surface area contributed by atoms with Crippen molar-refractivity contribution in [2.45, 2.75) is 12.5 Å². The summed E-state index contributed by atoms with van der Waals surface area (Å²) < 4.78 is 5.51. The molecule has 0 N–H and O–H groups in total. The standard InChI is InChI=1S/C12H11ClN2O/c13-6-10-7-14-12(15-8-10)9-16-11-4-2-1-3-5-11/h1-5,7-8H,6,9H2. The molecule has 1 aromatic carbocycles. The SMILES string of the molecule is ClCc1cnc(COc2ccccc2)nc1. The van der Waals surface area contributed by atoms with Gasteiger partial charge in [0.05, 0.1) is 5.88 Å². The molecule has 0 amide bonds. The van der Waals surface area contributed by atoms with Crippen LogP contribution < -0.4 is 4.74 Å². The minimum absolute atomic E-state index is 0.368. The molecule has 0 radical (unpaired) electrons. The molecule has 0 spiro atoms. The molecular weight excluding hydrogens is 224 g/mol. The van der Waals surface area contributed by atoms with E-state index in [1.807, 2.05) is 30.3 Å². The van der Waals surface area contributed by atoms with Gasteiger partial charge in [-0.25, -0.2) is 9.97 Å². The van der Waals surface area contributed by atoms with Crippen LogP contribution in [0.25, 0.3) is 0 Å². The number of nitrogens with zero attached hydrogens (tertiary/aromatic N) is 2. The molecule has 0 aliphatic rings. The Morgan fingerprint density at radius 1 is 1.06 bits per heavy atom. The molecule has 0 saturated carbocycles. The van der Waals surface area contributed by atoms with Crippen LogP contribution in [0, 0.1) is 0 Å². The van der Waals surface area contributed by atoms with Gasteiger partial charge in [-0.2, -0.15) is 0 Å². The summed E-state index contributed by atoms with van der Waals surface area (Å²) in [6, 6.07) is 9.58. The first-order valence-corrected chi connectivity index (χ1v) is 5.45. The summed E-state index contributed by atoms with van der Waals surface area (Å²) in [5.74, 6) is 1.89. The fraction of sp³-hybridized carbons (Fsp3) is 0.167. The topological polar surface area (TPSA) is 35.0 Å². The zero-order chi connectivity index (χ0) is 11.2. The van der Waals surface area contributed by atoms with E-state index in [1.54, 1.807) is 12.4 Å². The van der Waals surface area contributed by atoms with Crippen LogP contribution in [0.1, 0.15) is 11.4 Å². The number of halogens is 1. The second kappa shape index (κ2) is 5.47. The van der Waals surface area contributed by atoms with E-state index < -0.39 is 0 Å². The van der Waals surface area contributed by atoms with Crippen molar-refractivity contribution in [1.29, 1.82) is 0 Å². The van der Waals surface area contributed by atoms with Gasteiger partial charge in [0.15, 0.2) is 5.82 Å². The average Bonchev–Trinajstić information content (AvgIpc) is 2.38. The van der Waals surface area contributed by atoms with Gasteiger partial charge in [-0.05, 0) is 12.1 Å². The van der Waals surface area contributed by atoms with Crippen molar-refractivity contribution in [3.8, 4) is 5.75 Å². The summed E-state index contributed by atoms with van der Waals surface area (Å²) in [6.07, 6.45) is 3.42. The molecule has 1 heterocycles. The molecule has 0 fully saturated rings. The van der Waals surface area contributed by atoms with Crippen molar-refractivity contribution in [2.75, 3.05) is 0 Å². The van der Waals surface area contributed by atoms with E-state index in [0.29, 0.717) is 18.3 Å². The lowest BCUT2D eigenvalue weighted by atomic mass is 10.3. The number of aromatic nitrogens is 2. The first-order chi connectivity index (χ1) is 7.88. The Labute approximate surface area is 99.1 Å². The Hall–Kier alpha value is -1.61. The van der Waals surface area contributed by atoms with Crippen LogP contribution in [0.5, 0.6) is 5.75 Å². The molecule has 0 aliphatic carbocycles. The number of ether oxygens (including phenoxy) is 1. The number of hydrogen-bond acceptors (Lipinski definition) is 3. The molecular formula is C12H11ClN2O. The van der Waals surface area contributed by atoms with Crippen LogP contribution >= 0.6 is 11.6 Å². The molecule has 2 aromatic rings. The third-order valence-electron chi connectivity index (χ3n) is 2.02. The molecule has 3 nitrogen and oxygen atoms in total. The predicted octanol–water partition coefficient (Wildman–Crippen LogP) is 2.79. The van der Waals surface area contributed by atoms with E-state index in [2.05, 4.69) is 9.97 Å². The summed E-state index contributed by atoms with van der Waals surface area (Å²) in [5.41, 5.74) is 0.908. The van der Waals surface area contributed by atoms with Gasteiger partial charge in [-0.1, -0.05) is 18.2 Å². The van der Waals surface area contributed by atoms with Crippen molar-refractivity contribution in [3.63, 3.8) is 0 Å². The Morgan fingerprint density at radius 2 is 1.75 bits per heavy atom. The van der Waals surface area contributed by atoms with Crippen LogP contribution in [-0.4, -0.2) is 9.97 Å². The van der Waals surface area contributed by atoms with E-state index in [1.165, 1.54) is 0 Å². The summed E-state index contributed by atoms with van der Waals surface area (Å²) >= 11 is 5.64. The van der Waals surface area contributed by atoms with Gasteiger partial charge < -0.3 is 4.74 Å². The van der Waals surface area contributed by atoms with Crippen molar-refractivity contribution in [1.82, 2.24) is 9.97 Å². The van der Waals surface area contributed by atoms with Crippen molar-refractivity contribution in [2.24, 2.45) is 0 Å². The molecule has 4 heteroatoms. The van der Waals surface area contributed by atoms with Gasteiger partial charge in [0.2, 0.25) is 0 Å². The quantitative estimate of drug-likeness (QED) is 0.763. The highest BCUT2D eigenvalue weighted by molar-refractivity contribution is 6.17. The lowest BCUT2D eigenvalue weighted by Gasteiger charge is -2.04. The van der Waals surface area contributed by atoms with E-state index in [4.69, 9.17) is 16.3 Å². The van der Waals surface area contributed by atoms with Crippen LogP contribution in [0.15, 0.2) is 42.7 Å². The highest BCUT2D eigenvalue weighted by Gasteiger charge is 1.98. The summed E-state index contributed by atoms with van der Waals surface area (Å²) in [5, 5.41) is 0. The number of hydrogen-bond donors (Lipinski definition) is 0. The van der Waals surface area contributed by atoms with Crippen LogP contribution in [0.4, 0.5) is 0 Å².